The Morgan fingerprint density at radius 1 is 1.26 bits per heavy atom. The molecule has 0 fully saturated rings. The normalized spacial score (nSPS) is 13.4. The van der Waals surface area contributed by atoms with Crippen molar-refractivity contribution in [3.63, 3.8) is 0 Å². The minimum absolute atomic E-state index is 0.182. The van der Waals surface area contributed by atoms with Gasteiger partial charge in [0.2, 0.25) is 5.91 Å². The van der Waals surface area contributed by atoms with Crippen LogP contribution >= 0.6 is 11.6 Å². The number of anilines is 1. The lowest BCUT2D eigenvalue weighted by atomic mass is 10.2. The molecule has 0 atom stereocenters. The fourth-order valence-corrected chi connectivity index (χ4v) is 3.38. The lowest BCUT2D eigenvalue weighted by molar-refractivity contribution is -0.142. The van der Waals surface area contributed by atoms with Gasteiger partial charge in [0.25, 0.3) is 0 Å². The van der Waals surface area contributed by atoms with Gasteiger partial charge in [-0.3, -0.25) is 9.48 Å². The average molecular weight is 404 g/mol. The Kier molecular flexibility index (Phi) is 5.23. The molecule has 1 aromatic carbocycles. The number of benzene rings is 1. The number of aromatic nitrogens is 2. The smallest absolute Gasteiger partial charge is 0.435 e. The Hall–Kier alpha value is -2.42. The molecule has 1 aliphatic rings. The number of fused-ring (bicyclic) bond motifs is 1. The molecule has 1 aliphatic carbocycles. The number of carbonyl (C=O) groups is 1. The van der Waals surface area contributed by atoms with Gasteiger partial charge in [-0.1, -0.05) is 11.6 Å². The topological polar surface area (TPSA) is 65.4 Å². The number of nitrogens with zero attached hydrogens (tertiary/aromatic N) is 2. The van der Waals surface area contributed by atoms with Crippen molar-refractivity contribution < 1.29 is 27.4 Å². The number of alkyl halides is 3. The van der Waals surface area contributed by atoms with Crippen LogP contribution in [-0.4, -0.2) is 29.9 Å². The zero-order valence-corrected chi connectivity index (χ0v) is 15.4. The van der Waals surface area contributed by atoms with Gasteiger partial charge in [-0.05, 0) is 19.3 Å². The molecule has 1 heterocycles. The second kappa shape index (κ2) is 7.30. The lowest BCUT2D eigenvalue weighted by Gasteiger charge is -2.13. The van der Waals surface area contributed by atoms with E-state index >= 15 is 0 Å². The molecule has 0 spiro atoms. The van der Waals surface area contributed by atoms with Crippen LogP contribution in [0.15, 0.2) is 12.1 Å². The Morgan fingerprint density at radius 2 is 1.96 bits per heavy atom. The minimum atomic E-state index is -4.54. The zero-order valence-electron chi connectivity index (χ0n) is 14.6. The number of methoxy groups -OCH3 is 2. The summed E-state index contributed by atoms with van der Waals surface area (Å²) in [7, 11) is 2.83. The van der Waals surface area contributed by atoms with Gasteiger partial charge in [0, 0.05) is 23.4 Å². The van der Waals surface area contributed by atoms with Crippen LogP contribution in [0, 0.1) is 0 Å². The molecule has 0 unspecified atom stereocenters. The second-order valence-corrected chi connectivity index (χ2v) is 6.43. The molecule has 146 valence electrons. The van der Waals surface area contributed by atoms with Gasteiger partial charge in [0.05, 0.1) is 24.9 Å². The van der Waals surface area contributed by atoms with Gasteiger partial charge in [0.1, 0.15) is 18.0 Å². The minimum Gasteiger partial charge on any atom is -0.495 e. The molecule has 6 nitrogen and oxygen atoms in total. The van der Waals surface area contributed by atoms with Crippen molar-refractivity contribution in [1.29, 1.82) is 0 Å². The molecule has 0 radical (unpaired) electrons. The zero-order chi connectivity index (χ0) is 19.8. The van der Waals surface area contributed by atoms with Crippen molar-refractivity contribution in [3.05, 3.63) is 34.1 Å². The third-order valence-electron chi connectivity index (χ3n) is 4.32. The molecule has 0 saturated carbocycles. The van der Waals surface area contributed by atoms with E-state index < -0.39 is 17.8 Å². The number of nitrogens with one attached hydrogen (secondary N) is 1. The van der Waals surface area contributed by atoms with Crippen LogP contribution in [0.25, 0.3) is 0 Å². The molecule has 0 saturated heterocycles. The largest absolute Gasteiger partial charge is 0.495 e. The summed E-state index contributed by atoms with van der Waals surface area (Å²) < 4.78 is 50.8. The van der Waals surface area contributed by atoms with Crippen LogP contribution in [0.3, 0.4) is 0 Å². The molecule has 0 bridgehead atoms. The number of hydrogen-bond acceptors (Lipinski definition) is 4. The van der Waals surface area contributed by atoms with Crippen LogP contribution in [0.1, 0.15) is 23.4 Å². The highest BCUT2D eigenvalue weighted by molar-refractivity contribution is 6.32. The highest BCUT2D eigenvalue weighted by Gasteiger charge is 2.40. The lowest BCUT2D eigenvalue weighted by Crippen LogP contribution is -2.21. The van der Waals surface area contributed by atoms with E-state index in [4.69, 9.17) is 21.1 Å². The molecule has 1 amide bonds. The summed E-state index contributed by atoms with van der Waals surface area (Å²) in [5.41, 5.74) is 0.0244. The van der Waals surface area contributed by atoms with E-state index in [1.165, 1.54) is 26.4 Å². The van der Waals surface area contributed by atoms with E-state index in [2.05, 4.69) is 10.4 Å². The monoisotopic (exact) mass is 403 g/mol. The van der Waals surface area contributed by atoms with Gasteiger partial charge in [-0.25, -0.2) is 0 Å². The SMILES string of the molecule is COc1cc(NC(=O)Cn2nc(C(F)(F)F)c3c2CCC3)c(OC)cc1Cl. The number of carbonyl (C=O) groups excluding carboxylic acids is 1. The first-order valence-electron chi connectivity index (χ1n) is 8.11. The first-order chi connectivity index (χ1) is 12.7. The van der Waals surface area contributed by atoms with E-state index in [9.17, 15) is 18.0 Å². The molecular formula is C17H17ClF3N3O3. The molecule has 1 N–H and O–H groups in total. The predicted molar refractivity (Wildman–Crippen MR) is 92.4 cm³/mol. The van der Waals surface area contributed by atoms with Crippen LogP contribution in [0.4, 0.5) is 18.9 Å². The Labute approximate surface area is 158 Å². The Balaban J connectivity index is 1.84. The summed E-state index contributed by atoms with van der Waals surface area (Å²) >= 11 is 6.02. The maximum absolute atomic E-state index is 13.1. The fourth-order valence-electron chi connectivity index (χ4n) is 3.15. The Morgan fingerprint density at radius 3 is 2.59 bits per heavy atom. The van der Waals surface area contributed by atoms with Crippen molar-refractivity contribution in [2.24, 2.45) is 0 Å². The predicted octanol–water partition coefficient (Wildman–Crippen LogP) is 3.70. The number of rotatable bonds is 5. The average Bonchev–Trinajstić information content (AvgIpc) is 3.19. The maximum Gasteiger partial charge on any atom is 0.435 e. The second-order valence-electron chi connectivity index (χ2n) is 6.02. The summed E-state index contributed by atoms with van der Waals surface area (Å²) in [5, 5.41) is 6.53. The summed E-state index contributed by atoms with van der Waals surface area (Å²) in [6.45, 7) is -0.341. The van der Waals surface area contributed by atoms with Crippen LogP contribution < -0.4 is 14.8 Å². The molecule has 3 rings (SSSR count). The maximum atomic E-state index is 13.1. The van der Waals surface area contributed by atoms with Crippen molar-refractivity contribution >= 4 is 23.2 Å². The van der Waals surface area contributed by atoms with E-state index in [-0.39, 0.29) is 12.1 Å². The number of halogens is 4. The summed E-state index contributed by atoms with van der Waals surface area (Å²) in [6.07, 6.45) is -3.15. The van der Waals surface area contributed by atoms with E-state index in [0.29, 0.717) is 47.2 Å². The molecule has 2 aromatic rings. The van der Waals surface area contributed by atoms with E-state index in [1.807, 2.05) is 0 Å². The van der Waals surface area contributed by atoms with Gasteiger partial charge in [-0.15, -0.1) is 0 Å². The fraction of sp³-hybridized carbons (Fsp3) is 0.412. The van der Waals surface area contributed by atoms with Gasteiger partial charge < -0.3 is 14.8 Å². The number of hydrogen-bond donors (Lipinski definition) is 1. The standard InChI is InChI=1S/C17H17ClF3N3O3/c1-26-13-7-11(14(27-2)6-10(13)18)22-15(25)8-24-12-5-3-4-9(12)16(23-24)17(19,20)21/h6-7H,3-5,8H2,1-2H3,(H,22,25). The number of amides is 1. The van der Waals surface area contributed by atoms with E-state index in [1.54, 1.807) is 0 Å². The summed E-state index contributed by atoms with van der Waals surface area (Å²) in [6, 6.07) is 2.96. The Bertz CT molecular complexity index is 881. The van der Waals surface area contributed by atoms with Crippen LogP contribution in [0.5, 0.6) is 11.5 Å². The molecule has 1 aromatic heterocycles. The van der Waals surface area contributed by atoms with Crippen LogP contribution in [0.2, 0.25) is 5.02 Å². The van der Waals surface area contributed by atoms with Crippen molar-refractivity contribution in [1.82, 2.24) is 9.78 Å². The van der Waals surface area contributed by atoms with Crippen molar-refractivity contribution in [3.8, 4) is 11.5 Å². The summed E-state index contributed by atoms with van der Waals surface area (Å²) in [5.74, 6) is 0.0894. The van der Waals surface area contributed by atoms with Crippen LogP contribution in [-0.2, 0) is 30.4 Å². The third kappa shape index (κ3) is 3.83. The first-order valence-corrected chi connectivity index (χ1v) is 8.49. The third-order valence-corrected chi connectivity index (χ3v) is 4.61. The highest BCUT2D eigenvalue weighted by atomic mass is 35.5. The summed E-state index contributed by atoms with van der Waals surface area (Å²) in [4.78, 5) is 12.4. The van der Waals surface area contributed by atoms with Gasteiger partial charge >= 0.3 is 6.18 Å². The van der Waals surface area contributed by atoms with Gasteiger partial charge in [-0.2, -0.15) is 18.3 Å². The molecule has 0 aliphatic heterocycles. The van der Waals surface area contributed by atoms with Gasteiger partial charge in [0.15, 0.2) is 5.69 Å². The molecule has 10 heteroatoms. The quantitative estimate of drug-likeness (QED) is 0.826. The van der Waals surface area contributed by atoms with Crippen molar-refractivity contribution in [2.75, 3.05) is 19.5 Å². The highest BCUT2D eigenvalue weighted by Crippen LogP contribution is 2.37. The molecule has 27 heavy (non-hydrogen) atoms. The van der Waals surface area contributed by atoms with E-state index in [0.717, 1.165) is 4.68 Å². The first kappa shape index (κ1) is 19.3. The molecular weight excluding hydrogens is 387 g/mol. The number of ether oxygens (including phenoxy) is 2. The van der Waals surface area contributed by atoms with Crippen molar-refractivity contribution in [2.45, 2.75) is 32.0 Å².